The highest BCUT2D eigenvalue weighted by Crippen LogP contribution is 2.38. The number of benzene rings is 1. The number of ether oxygens (including phenoxy) is 3. The summed E-state index contributed by atoms with van der Waals surface area (Å²) in [7, 11) is 4.60. The first-order valence-electron chi connectivity index (χ1n) is 7.41. The third-order valence-electron chi connectivity index (χ3n) is 3.25. The van der Waals surface area contributed by atoms with Gasteiger partial charge in [-0.05, 0) is 19.1 Å². The molecule has 0 amide bonds. The van der Waals surface area contributed by atoms with Gasteiger partial charge in [0, 0.05) is 12.6 Å². The lowest BCUT2D eigenvalue weighted by Gasteiger charge is -2.14. The van der Waals surface area contributed by atoms with Gasteiger partial charge in [-0.3, -0.25) is 10.2 Å². The summed E-state index contributed by atoms with van der Waals surface area (Å²) in [5.41, 5.74) is 3.30. The lowest BCUT2D eigenvalue weighted by atomic mass is 10.2. The van der Waals surface area contributed by atoms with Crippen LogP contribution in [0, 0.1) is 0 Å². The number of hydrogen-bond acceptors (Lipinski definition) is 7. The van der Waals surface area contributed by atoms with Gasteiger partial charge in [-0.2, -0.15) is 10.2 Å². The first-order valence-corrected chi connectivity index (χ1v) is 7.79. The molecule has 1 aromatic carbocycles. The molecule has 8 nitrogen and oxygen atoms in total. The number of aryl methyl sites for hydroxylation is 1. The van der Waals surface area contributed by atoms with Crippen LogP contribution in [0.2, 0.25) is 5.02 Å². The van der Waals surface area contributed by atoms with Gasteiger partial charge in [0.15, 0.2) is 11.5 Å². The van der Waals surface area contributed by atoms with E-state index in [4.69, 9.17) is 25.8 Å². The number of aromatic nitrogens is 2. The molecule has 0 aliphatic carbocycles. The second kappa shape index (κ2) is 8.39. The molecule has 2 aromatic rings. The van der Waals surface area contributed by atoms with E-state index in [2.05, 4.69) is 15.6 Å². The van der Waals surface area contributed by atoms with Crippen molar-refractivity contribution in [2.75, 3.05) is 26.3 Å². The van der Waals surface area contributed by atoms with Gasteiger partial charge in [-0.1, -0.05) is 11.6 Å². The summed E-state index contributed by atoms with van der Waals surface area (Å²) >= 11 is 5.96. The summed E-state index contributed by atoms with van der Waals surface area (Å²) in [5, 5.41) is 7.96. The van der Waals surface area contributed by atoms with Crippen LogP contribution < -0.4 is 25.2 Å². The van der Waals surface area contributed by atoms with E-state index >= 15 is 0 Å². The number of rotatable bonds is 7. The Morgan fingerprint density at radius 1 is 1.32 bits per heavy atom. The van der Waals surface area contributed by atoms with Crippen LogP contribution in [0.4, 0.5) is 5.69 Å². The van der Waals surface area contributed by atoms with Gasteiger partial charge in [-0.15, -0.1) is 0 Å². The molecule has 0 spiro atoms. The third kappa shape index (κ3) is 4.21. The summed E-state index contributed by atoms with van der Waals surface area (Å²) < 4.78 is 17.3. The van der Waals surface area contributed by atoms with Crippen LogP contribution in [0.1, 0.15) is 12.5 Å². The monoisotopic (exact) mass is 366 g/mol. The maximum Gasteiger partial charge on any atom is 0.287 e. The van der Waals surface area contributed by atoms with E-state index in [1.807, 2.05) is 6.92 Å². The van der Waals surface area contributed by atoms with Crippen LogP contribution in [0.15, 0.2) is 28.2 Å². The highest BCUT2D eigenvalue weighted by Gasteiger charge is 2.13. The molecule has 1 N–H and O–H groups in total. The molecule has 1 heterocycles. The number of anilines is 1. The maximum atomic E-state index is 11.7. The molecule has 0 bridgehead atoms. The second-order valence-corrected chi connectivity index (χ2v) is 5.24. The minimum absolute atomic E-state index is 0.0107. The Kier molecular flexibility index (Phi) is 6.24. The Balaban J connectivity index is 2.26. The van der Waals surface area contributed by atoms with Gasteiger partial charge in [0.2, 0.25) is 5.75 Å². The SMILES string of the molecule is CCOc1c(OC)cc(/C=N\Nc2cnn(C)c(=O)c2Cl)cc1OC. The topological polar surface area (TPSA) is 87.0 Å². The largest absolute Gasteiger partial charge is 0.493 e. The van der Waals surface area contributed by atoms with Crippen LogP contribution in [0.5, 0.6) is 17.2 Å². The first-order chi connectivity index (χ1) is 12.0. The van der Waals surface area contributed by atoms with E-state index < -0.39 is 5.56 Å². The molecular weight excluding hydrogens is 348 g/mol. The van der Waals surface area contributed by atoms with E-state index in [-0.39, 0.29) is 5.02 Å². The predicted molar refractivity (Wildman–Crippen MR) is 96.4 cm³/mol. The van der Waals surface area contributed by atoms with E-state index in [1.165, 1.54) is 19.5 Å². The van der Waals surface area contributed by atoms with Crippen LogP contribution in [0.25, 0.3) is 0 Å². The quantitative estimate of drug-likeness (QED) is 0.597. The number of nitrogens with zero attached hydrogens (tertiary/aromatic N) is 3. The maximum absolute atomic E-state index is 11.7. The van der Waals surface area contributed by atoms with Gasteiger partial charge >= 0.3 is 0 Å². The molecule has 25 heavy (non-hydrogen) atoms. The van der Waals surface area contributed by atoms with Crippen molar-refractivity contribution in [1.29, 1.82) is 0 Å². The van der Waals surface area contributed by atoms with Crippen LogP contribution in [-0.2, 0) is 7.05 Å². The molecule has 134 valence electrons. The van der Waals surface area contributed by atoms with E-state index in [0.717, 1.165) is 4.68 Å². The number of hydrazone groups is 1. The van der Waals surface area contributed by atoms with Crippen molar-refractivity contribution >= 4 is 23.5 Å². The lowest BCUT2D eigenvalue weighted by Crippen LogP contribution is -2.20. The molecule has 2 rings (SSSR count). The molecule has 0 radical (unpaired) electrons. The molecule has 0 unspecified atom stereocenters. The standard InChI is InChI=1S/C16H19ClN4O4/c1-5-25-15-12(23-3)6-10(7-13(15)24-4)8-18-20-11-9-19-21(2)16(22)14(11)17/h6-9,20H,5H2,1-4H3/b18-8-. The predicted octanol–water partition coefficient (Wildman–Crippen LogP) is 2.30. The van der Waals surface area contributed by atoms with Crippen molar-refractivity contribution in [1.82, 2.24) is 9.78 Å². The summed E-state index contributed by atoms with van der Waals surface area (Å²) in [6.45, 7) is 2.36. The van der Waals surface area contributed by atoms with Crippen molar-refractivity contribution in [2.24, 2.45) is 12.1 Å². The minimum atomic E-state index is -0.411. The Bertz CT molecular complexity index is 810. The van der Waals surface area contributed by atoms with Crippen LogP contribution >= 0.6 is 11.6 Å². The molecule has 0 fully saturated rings. The fourth-order valence-electron chi connectivity index (χ4n) is 2.03. The number of halogens is 1. The van der Waals surface area contributed by atoms with Crippen molar-refractivity contribution in [3.63, 3.8) is 0 Å². The second-order valence-electron chi connectivity index (χ2n) is 4.86. The smallest absolute Gasteiger partial charge is 0.287 e. The molecule has 1 aromatic heterocycles. The molecular formula is C16H19ClN4O4. The number of hydrogen-bond donors (Lipinski definition) is 1. The van der Waals surface area contributed by atoms with Gasteiger partial charge in [0.25, 0.3) is 5.56 Å². The molecule has 0 saturated heterocycles. The van der Waals surface area contributed by atoms with Crippen LogP contribution in [-0.4, -0.2) is 36.8 Å². The lowest BCUT2D eigenvalue weighted by molar-refractivity contribution is 0.288. The fraction of sp³-hybridized carbons (Fsp3) is 0.312. The molecule has 0 atom stereocenters. The third-order valence-corrected chi connectivity index (χ3v) is 3.61. The van der Waals surface area contributed by atoms with Crippen molar-refractivity contribution in [3.8, 4) is 17.2 Å². The summed E-state index contributed by atoms with van der Waals surface area (Å²) in [4.78, 5) is 11.7. The van der Waals surface area contributed by atoms with Crippen molar-refractivity contribution in [2.45, 2.75) is 6.92 Å². The van der Waals surface area contributed by atoms with Gasteiger partial charge < -0.3 is 14.2 Å². The van der Waals surface area contributed by atoms with Crippen LogP contribution in [0.3, 0.4) is 0 Å². The summed E-state index contributed by atoms with van der Waals surface area (Å²) in [6, 6.07) is 3.51. The highest BCUT2D eigenvalue weighted by molar-refractivity contribution is 6.32. The first kappa shape index (κ1) is 18.6. The zero-order chi connectivity index (χ0) is 18.4. The number of nitrogens with one attached hydrogen (secondary N) is 1. The minimum Gasteiger partial charge on any atom is -0.493 e. The summed E-state index contributed by atoms with van der Waals surface area (Å²) in [5.74, 6) is 1.57. The van der Waals surface area contributed by atoms with Crippen molar-refractivity contribution in [3.05, 3.63) is 39.3 Å². The normalized spacial score (nSPS) is 10.8. The summed E-state index contributed by atoms with van der Waals surface area (Å²) in [6.07, 6.45) is 2.95. The van der Waals surface area contributed by atoms with Gasteiger partial charge in [-0.25, -0.2) is 4.68 Å². The molecule has 0 saturated carbocycles. The van der Waals surface area contributed by atoms with E-state index in [0.29, 0.717) is 35.1 Å². The average molecular weight is 367 g/mol. The Labute approximate surface area is 150 Å². The number of methoxy groups -OCH3 is 2. The molecule has 9 heteroatoms. The highest BCUT2D eigenvalue weighted by atomic mass is 35.5. The Morgan fingerprint density at radius 3 is 2.52 bits per heavy atom. The average Bonchev–Trinajstić information content (AvgIpc) is 2.62. The van der Waals surface area contributed by atoms with E-state index in [9.17, 15) is 4.79 Å². The zero-order valence-electron chi connectivity index (χ0n) is 14.4. The Morgan fingerprint density at radius 2 is 1.96 bits per heavy atom. The van der Waals surface area contributed by atoms with Crippen molar-refractivity contribution < 1.29 is 14.2 Å². The molecule has 0 aliphatic rings. The van der Waals surface area contributed by atoms with Gasteiger partial charge in [0.1, 0.15) is 10.7 Å². The van der Waals surface area contributed by atoms with Gasteiger partial charge in [0.05, 0.1) is 33.2 Å². The Hall–Kier alpha value is -2.74. The molecule has 0 aliphatic heterocycles. The van der Waals surface area contributed by atoms with E-state index in [1.54, 1.807) is 26.4 Å². The zero-order valence-corrected chi connectivity index (χ0v) is 15.1. The fourth-order valence-corrected chi connectivity index (χ4v) is 2.24.